The quantitative estimate of drug-likeness (QED) is 0.190. The van der Waals surface area contributed by atoms with Crippen molar-refractivity contribution in [3.05, 3.63) is 133 Å². The highest BCUT2D eigenvalue weighted by atomic mass is 31.1. The van der Waals surface area contributed by atoms with E-state index in [-0.39, 0.29) is 12.1 Å². The third-order valence-corrected chi connectivity index (χ3v) is 9.24. The molecule has 3 nitrogen and oxygen atoms in total. The summed E-state index contributed by atoms with van der Waals surface area (Å²) < 4.78 is 16.3. The molecule has 41 heavy (non-hydrogen) atoms. The Bertz CT molecular complexity index is 1760. The molecule has 0 saturated heterocycles. The summed E-state index contributed by atoms with van der Waals surface area (Å²) in [5.74, 6) is 0. The van der Waals surface area contributed by atoms with E-state index in [1.807, 2.05) is 6.92 Å². The van der Waals surface area contributed by atoms with Gasteiger partial charge in [0.2, 0.25) is 0 Å². The average molecular weight is 560 g/mol. The van der Waals surface area contributed by atoms with E-state index in [4.69, 9.17) is 8.39 Å². The van der Waals surface area contributed by atoms with Crippen molar-refractivity contribution < 1.29 is 8.39 Å². The minimum atomic E-state index is -1.47. The first-order valence-corrected chi connectivity index (χ1v) is 15.4. The maximum Gasteiger partial charge on any atom is 0.310 e. The van der Waals surface area contributed by atoms with Crippen molar-refractivity contribution in [3.63, 3.8) is 0 Å². The highest BCUT2D eigenvalue weighted by Gasteiger charge is 2.27. The monoisotopic (exact) mass is 559 g/mol. The Morgan fingerprint density at radius 3 is 1.71 bits per heavy atom. The first kappa shape index (κ1) is 28.5. The largest absolute Gasteiger partial charge is 0.408 e. The molecule has 0 aliphatic carbocycles. The van der Waals surface area contributed by atoms with Crippen molar-refractivity contribution in [2.75, 3.05) is 4.67 Å². The minimum Gasteiger partial charge on any atom is -0.408 e. The standard InChI is InChI=1S/C34H32NO2P.C3H6/c1-4-5-13-24(2)35(25(3)26-14-7-6-8-15-26)38-36-31-22-20-27-16-9-11-18-29(27)33(31)34-30-19-12-10-17-28(30)21-23-32(34)37-38;1-3-2/h4-12,14-25H,13H2,1-3H3;3H,1H2,2H3/b5-4-;/t24-,25-;/m0./s1. The van der Waals surface area contributed by atoms with Crippen molar-refractivity contribution in [2.24, 2.45) is 0 Å². The van der Waals surface area contributed by atoms with Gasteiger partial charge in [0.05, 0.1) is 0 Å². The molecule has 5 aromatic carbocycles. The summed E-state index contributed by atoms with van der Waals surface area (Å²) in [7, 11) is -1.47. The molecule has 0 unspecified atom stereocenters. The summed E-state index contributed by atoms with van der Waals surface area (Å²) in [5, 5.41) is 6.94. The van der Waals surface area contributed by atoms with Crippen LogP contribution in [0.25, 0.3) is 43.5 Å². The van der Waals surface area contributed by atoms with Gasteiger partial charge in [-0.3, -0.25) is 0 Å². The normalized spacial score (nSPS) is 13.0. The van der Waals surface area contributed by atoms with Crippen molar-refractivity contribution in [1.82, 2.24) is 0 Å². The molecule has 0 aliphatic rings. The topological polar surface area (TPSA) is 29.5 Å². The van der Waals surface area contributed by atoms with Gasteiger partial charge in [-0.1, -0.05) is 109 Å². The third kappa shape index (κ3) is 5.88. The summed E-state index contributed by atoms with van der Waals surface area (Å²) in [6.07, 6.45) is 7.01. The fourth-order valence-electron chi connectivity index (χ4n) is 5.46. The number of benzene rings is 5. The molecule has 0 N–H and O–H groups in total. The lowest BCUT2D eigenvalue weighted by Gasteiger charge is -2.31. The van der Waals surface area contributed by atoms with Gasteiger partial charge in [-0.2, -0.15) is 4.67 Å². The second-order valence-corrected chi connectivity index (χ2v) is 11.6. The zero-order chi connectivity index (χ0) is 28.8. The molecule has 0 saturated carbocycles. The van der Waals surface area contributed by atoms with Crippen LogP contribution in [0.2, 0.25) is 0 Å². The molecule has 1 aromatic heterocycles. The Morgan fingerprint density at radius 1 is 0.707 bits per heavy atom. The van der Waals surface area contributed by atoms with E-state index in [1.54, 1.807) is 6.08 Å². The second-order valence-electron chi connectivity index (χ2n) is 10.3. The minimum absolute atomic E-state index is 0.105. The average Bonchev–Trinajstić information content (AvgIpc) is 3.18. The van der Waals surface area contributed by atoms with E-state index < -0.39 is 8.16 Å². The van der Waals surface area contributed by atoms with Crippen LogP contribution in [0.4, 0.5) is 0 Å². The number of nitrogens with zero attached hydrogens (tertiary/aromatic N) is 1. The van der Waals surface area contributed by atoms with Gasteiger partial charge in [0.15, 0.2) is 0 Å². The van der Waals surface area contributed by atoms with Crippen molar-refractivity contribution in [2.45, 2.75) is 46.2 Å². The van der Waals surface area contributed by atoms with E-state index in [0.717, 1.165) is 28.4 Å². The first-order valence-electron chi connectivity index (χ1n) is 14.3. The molecule has 0 fully saturated rings. The van der Waals surface area contributed by atoms with E-state index in [0.29, 0.717) is 0 Å². The maximum atomic E-state index is 6.95. The molecule has 0 aliphatic heterocycles. The molecule has 0 radical (unpaired) electrons. The van der Waals surface area contributed by atoms with E-state index in [1.165, 1.54) is 27.1 Å². The molecule has 6 aromatic rings. The smallest absolute Gasteiger partial charge is 0.310 e. The molecule has 4 heteroatoms. The van der Waals surface area contributed by atoms with Gasteiger partial charge in [0, 0.05) is 22.9 Å². The third-order valence-electron chi connectivity index (χ3n) is 7.42. The highest BCUT2D eigenvalue weighted by molar-refractivity contribution is 7.39. The number of hydrogen-bond donors (Lipinski definition) is 0. The summed E-state index contributed by atoms with van der Waals surface area (Å²) in [6, 6.07) is 36.6. The van der Waals surface area contributed by atoms with Crippen molar-refractivity contribution in [1.29, 1.82) is 0 Å². The lowest BCUT2D eigenvalue weighted by Crippen LogP contribution is -2.32. The van der Waals surface area contributed by atoms with Crippen LogP contribution in [0.15, 0.2) is 136 Å². The summed E-state index contributed by atoms with van der Waals surface area (Å²) in [4.78, 5) is 0. The van der Waals surface area contributed by atoms with Crippen LogP contribution in [0.1, 0.15) is 45.7 Å². The molecule has 208 valence electrons. The Kier molecular flexibility index (Phi) is 9.09. The van der Waals surface area contributed by atoms with Crippen LogP contribution in [0.3, 0.4) is 0 Å². The zero-order valence-electron chi connectivity index (χ0n) is 24.3. The fourth-order valence-corrected chi connectivity index (χ4v) is 7.16. The Balaban J connectivity index is 0.00000108. The van der Waals surface area contributed by atoms with Crippen LogP contribution < -0.4 is 4.67 Å². The predicted octanol–water partition coefficient (Wildman–Crippen LogP) is 11.8. The Hall–Kier alpha value is -4.04. The highest BCUT2D eigenvalue weighted by Crippen LogP contribution is 2.45. The van der Waals surface area contributed by atoms with Gasteiger partial charge in [-0.25, -0.2) is 0 Å². The molecule has 0 amide bonds. The van der Waals surface area contributed by atoms with Gasteiger partial charge in [-0.15, -0.1) is 6.58 Å². The van der Waals surface area contributed by atoms with E-state index in [2.05, 4.69) is 147 Å². The number of fused-ring (bicyclic) bond motifs is 7. The lowest BCUT2D eigenvalue weighted by molar-refractivity contribution is 0.549. The number of rotatable bonds is 6. The van der Waals surface area contributed by atoms with Crippen LogP contribution >= 0.6 is 8.16 Å². The van der Waals surface area contributed by atoms with Crippen LogP contribution in [-0.2, 0) is 0 Å². The second kappa shape index (κ2) is 13.1. The van der Waals surface area contributed by atoms with Gasteiger partial charge >= 0.3 is 8.16 Å². The Morgan fingerprint density at radius 2 is 1.20 bits per heavy atom. The number of allylic oxidation sites excluding steroid dienone is 2. The van der Waals surface area contributed by atoms with Crippen LogP contribution in [0.5, 0.6) is 0 Å². The van der Waals surface area contributed by atoms with Gasteiger partial charge in [0.1, 0.15) is 11.2 Å². The van der Waals surface area contributed by atoms with Gasteiger partial charge < -0.3 is 8.39 Å². The maximum absolute atomic E-state index is 6.95. The lowest BCUT2D eigenvalue weighted by atomic mass is 9.99. The summed E-state index contributed by atoms with van der Waals surface area (Å²) >= 11 is 0. The van der Waals surface area contributed by atoms with Gasteiger partial charge in [0.25, 0.3) is 0 Å². The summed E-state index contributed by atoms with van der Waals surface area (Å²) in [5.41, 5.74) is 2.98. The van der Waals surface area contributed by atoms with E-state index >= 15 is 0 Å². The predicted molar refractivity (Wildman–Crippen MR) is 179 cm³/mol. The summed E-state index contributed by atoms with van der Waals surface area (Å²) in [6.45, 7) is 11.8. The molecule has 1 heterocycles. The Labute approximate surface area is 244 Å². The SMILES string of the molecule is C/C=C\C[C@H](C)N([C@@H](C)c1ccccc1)p1oc2ccc3ccccc3c2c2c(ccc3ccccc32)o1.C=CC. The van der Waals surface area contributed by atoms with Crippen LogP contribution in [0, 0.1) is 0 Å². The first-order chi connectivity index (χ1) is 20.1. The van der Waals surface area contributed by atoms with Crippen molar-refractivity contribution >= 4 is 51.6 Å². The molecular formula is C37H38NO2P. The van der Waals surface area contributed by atoms with Crippen LogP contribution in [-0.4, -0.2) is 6.04 Å². The molecule has 0 bridgehead atoms. The molecular weight excluding hydrogens is 521 g/mol. The molecule has 6 rings (SSSR count). The molecule has 2 atom stereocenters. The zero-order valence-corrected chi connectivity index (χ0v) is 25.2. The number of hydrogen-bond acceptors (Lipinski definition) is 3. The fraction of sp³-hybridized carbons (Fsp3) is 0.189. The van der Waals surface area contributed by atoms with Crippen molar-refractivity contribution in [3.8, 4) is 0 Å². The molecule has 0 spiro atoms. The van der Waals surface area contributed by atoms with Gasteiger partial charge in [-0.05, 0) is 73.4 Å². The van der Waals surface area contributed by atoms with E-state index in [9.17, 15) is 0 Å².